The van der Waals surface area contributed by atoms with Crippen molar-refractivity contribution in [3.05, 3.63) is 41.5 Å². The maximum Gasteiger partial charge on any atom is 0.233 e. The molecule has 1 amide bonds. The molecule has 3 fully saturated rings. The van der Waals surface area contributed by atoms with Crippen molar-refractivity contribution in [3.8, 4) is 0 Å². The monoisotopic (exact) mass is 386 g/mol. The Hall–Kier alpha value is -1.89. The molecule has 0 saturated heterocycles. The molecule has 3 aliphatic rings. The molecular formula is C20H23FN4OS. The molecule has 5 nitrogen and oxygen atoms in total. The number of amides is 1. The first-order chi connectivity index (χ1) is 13.2. The minimum atomic E-state index is -0.244. The van der Waals surface area contributed by atoms with Gasteiger partial charge in [-0.3, -0.25) is 4.79 Å². The van der Waals surface area contributed by atoms with Crippen LogP contribution in [0.5, 0.6) is 0 Å². The molecule has 7 heteroatoms. The van der Waals surface area contributed by atoms with E-state index >= 15 is 0 Å². The fraction of sp³-hybridized carbons (Fsp3) is 0.550. The van der Waals surface area contributed by atoms with Gasteiger partial charge in [0.15, 0.2) is 5.16 Å². The van der Waals surface area contributed by atoms with Crippen LogP contribution in [-0.2, 0) is 11.3 Å². The lowest BCUT2D eigenvalue weighted by atomic mass is 10.2. The summed E-state index contributed by atoms with van der Waals surface area (Å²) >= 11 is 1.48. The summed E-state index contributed by atoms with van der Waals surface area (Å²) in [6.07, 6.45) is 6.78. The molecule has 3 saturated carbocycles. The molecule has 27 heavy (non-hydrogen) atoms. The van der Waals surface area contributed by atoms with Crippen LogP contribution >= 0.6 is 11.8 Å². The number of carbonyl (C=O) groups excluding carboxylic acids is 1. The van der Waals surface area contributed by atoms with Crippen LogP contribution in [-0.4, -0.2) is 37.4 Å². The quantitative estimate of drug-likeness (QED) is 0.646. The molecule has 0 atom stereocenters. The normalized spacial score (nSPS) is 19.3. The van der Waals surface area contributed by atoms with Gasteiger partial charge in [0, 0.05) is 30.1 Å². The number of hydrogen-bond donors (Lipinski definition) is 0. The van der Waals surface area contributed by atoms with Gasteiger partial charge < -0.3 is 9.47 Å². The Kier molecular flexibility index (Phi) is 4.42. The van der Waals surface area contributed by atoms with Gasteiger partial charge in [-0.2, -0.15) is 0 Å². The predicted molar refractivity (Wildman–Crippen MR) is 101 cm³/mol. The van der Waals surface area contributed by atoms with E-state index in [9.17, 15) is 9.18 Å². The van der Waals surface area contributed by atoms with Gasteiger partial charge in [0.05, 0.1) is 5.75 Å². The third-order valence-corrected chi connectivity index (χ3v) is 6.40. The molecule has 142 valence electrons. The summed E-state index contributed by atoms with van der Waals surface area (Å²) in [7, 11) is 0. The van der Waals surface area contributed by atoms with Gasteiger partial charge in [-0.25, -0.2) is 4.39 Å². The summed E-state index contributed by atoms with van der Waals surface area (Å²) in [5.74, 6) is 1.82. The van der Waals surface area contributed by atoms with Crippen molar-refractivity contribution in [1.29, 1.82) is 0 Å². The smallest absolute Gasteiger partial charge is 0.233 e. The van der Waals surface area contributed by atoms with Gasteiger partial charge >= 0.3 is 0 Å². The second kappa shape index (κ2) is 6.93. The van der Waals surface area contributed by atoms with E-state index in [1.54, 1.807) is 12.1 Å². The van der Waals surface area contributed by atoms with E-state index in [4.69, 9.17) is 0 Å². The van der Waals surface area contributed by atoms with Gasteiger partial charge in [0.1, 0.15) is 11.6 Å². The zero-order valence-corrected chi connectivity index (χ0v) is 16.0. The van der Waals surface area contributed by atoms with E-state index in [-0.39, 0.29) is 17.8 Å². The Bertz CT molecular complexity index is 857. The minimum Gasteiger partial charge on any atom is -0.335 e. The van der Waals surface area contributed by atoms with Crippen molar-refractivity contribution < 1.29 is 9.18 Å². The highest BCUT2D eigenvalue weighted by Gasteiger charge is 2.37. The van der Waals surface area contributed by atoms with Crippen LogP contribution in [0.3, 0.4) is 0 Å². The molecule has 1 aromatic carbocycles. The Morgan fingerprint density at radius 2 is 1.93 bits per heavy atom. The van der Waals surface area contributed by atoms with Crippen molar-refractivity contribution in [1.82, 2.24) is 19.7 Å². The van der Waals surface area contributed by atoms with Crippen molar-refractivity contribution in [3.63, 3.8) is 0 Å². The Balaban J connectivity index is 1.27. The lowest BCUT2D eigenvalue weighted by molar-refractivity contribution is -0.129. The summed E-state index contributed by atoms with van der Waals surface area (Å²) in [5, 5.41) is 9.65. The average molecular weight is 386 g/mol. The molecule has 0 aliphatic heterocycles. The van der Waals surface area contributed by atoms with Crippen LogP contribution in [0.25, 0.3) is 0 Å². The van der Waals surface area contributed by atoms with E-state index in [1.807, 2.05) is 11.0 Å². The van der Waals surface area contributed by atoms with E-state index in [1.165, 1.54) is 43.5 Å². The third-order valence-electron chi connectivity index (χ3n) is 5.48. The lowest BCUT2D eigenvalue weighted by Gasteiger charge is -2.22. The molecule has 0 N–H and O–H groups in total. The van der Waals surface area contributed by atoms with E-state index in [2.05, 4.69) is 14.8 Å². The van der Waals surface area contributed by atoms with E-state index in [0.29, 0.717) is 29.8 Å². The van der Waals surface area contributed by atoms with Crippen LogP contribution in [0, 0.1) is 5.82 Å². The summed E-state index contributed by atoms with van der Waals surface area (Å²) in [4.78, 5) is 14.7. The first kappa shape index (κ1) is 17.2. The highest BCUT2D eigenvalue weighted by Crippen LogP contribution is 2.46. The Labute approximate surface area is 162 Å². The van der Waals surface area contributed by atoms with Crippen molar-refractivity contribution in [2.75, 3.05) is 5.75 Å². The van der Waals surface area contributed by atoms with E-state index in [0.717, 1.165) is 23.8 Å². The summed E-state index contributed by atoms with van der Waals surface area (Å²) in [6.45, 7) is 0.347. The second-order valence-electron chi connectivity index (χ2n) is 7.85. The SMILES string of the molecule is O=C(CSc1nnc(C2CC2)n1C1CC1)N(Cc1ccccc1F)C1CC1. The summed E-state index contributed by atoms with van der Waals surface area (Å²) in [6, 6.07) is 7.49. The number of carbonyl (C=O) groups is 1. The fourth-order valence-electron chi connectivity index (χ4n) is 3.51. The van der Waals surface area contributed by atoms with E-state index < -0.39 is 0 Å². The van der Waals surface area contributed by atoms with Gasteiger partial charge in [0.2, 0.25) is 5.91 Å². The van der Waals surface area contributed by atoms with Crippen LogP contribution in [0.4, 0.5) is 4.39 Å². The first-order valence-corrected chi connectivity index (χ1v) is 10.8. The highest BCUT2D eigenvalue weighted by molar-refractivity contribution is 7.99. The first-order valence-electron chi connectivity index (χ1n) is 9.81. The number of rotatable bonds is 8. The lowest BCUT2D eigenvalue weighted by Crippen LogP contribution is -2.34. The van der Waals surface area contributed by atoms with Crippen molar-refractivity contribution >= 4 is 17.7 Å². The Morgan fingerprint density at radius 3 is 2.59 bits per heavy atom. The largest absolute Gasteiger partial charge is 0.335 e. The topological polar surface area (TPSA) is 51.0 Å². The summed E-state index contributed by atoms with van der Waals surface area (Å²) in [5.41, 5.74) is 0.583. The van der Waals surface area contributed by atoms with Crippen molar-refractivity contribution in [2.45, 2.75) is 68.2 Å². The minimum absolute atomic E-state index is 0.0593. The molecule has 0 bridgehead atoms. The third kappa shape index (κ3) is 3.74. The highest BCUT2D eigenvalue weighted by atomic mass is 32.2. The van der Waals surface area contributed by atoms with Crippen LogP contribution in [0.1, 0.15) is 61.9 Å². The fourth-order valence-corrected chi connectivity index (χ4v) is 4.41. The number of thioether (sulfide) groups is 1. The van der Waals surface area contributed by atoms with Crippen LogP contribution in [0.15, 0.2) is 29.4 Å². The molecule has 0 unspecified atom stereocenters. The zero-order chi connectivity index (χ0) is 18.4. The number of aromatic nitrogens is 3. The average Bonchev–Trinajstić information content (AvgIpc) is 3.53. The van der Waals surface area contributed by atoms with Crippen LogP contribution in [0.2, 0.25) is 0 Å². The molecule has 5 rings (SSSR count). The van der Waals surface area contributed by atoms with Gasteiger partial charge in [0.25, 0.3) is 0 Å². The number of halogens is 1. The zero-order valence-electron chi connectivity index (χ0n) is 15.2. The molecule has 1 heterocycles. The van der Waals surface area contributed by atoms with Crippen LogP contribution < -0.4 is 0 Å². The van der Waals surface area contributed by atoms with Gasteiger partial charge in [-0.05, 0) is 44.6 Å². The summed E-state index contributed by atoms with van der Waals surface area (Å²) < 4.78 is 16.3. The second-order valence-corrected chi connectivity index (χ2v) is 8.79. The number of hydrogen-bond acceptors (Lipinski definition) is 4. The Morgan fingerprint density at radius 1 is 1.15 bits per heavy atom. The maximum atomic E-state index is 14.0. The van der Waals surface area contributed by atoms with Gasteiger partial charge in [-0.15, -0.1) is 10.2 Å². The molecular weight excluding hydrogens is 363 g/mol. The number of nitrogens with zero attached hydrogens (tertiary/aromatic N) is 4. The molecule has 2 aromatic rings. The van der Waals surface area contributed by atoms with Crippen molar-refractivity contribution in [2.24, 2.45) is 0 Å². The van der Waals surface area contributed by atoms with Gasteiger partial charge in [-0.1, -0.05) is 30.0 Å². The molecule has 3 aliphatic carbocycles. The standard InChI is InChI=1S/C20H23FN4OS/c21-17-4-2-1-3-14(17)11-24(15-7-8-15)18(26)12-27-20-23-22-19(13-5-6-13)25(20)16-9-10-16/h1-4,13,15-16H,5-12H2. The molecule has 0 radical (unpaired) electrons. The predicted octanol–water partition coefficient (Wildman–Crippen LogP) is 3.91. The molecule has 1 aromatic heterocycles. The maximum absolute atomic E-state index is 14.0. The molecule has 0 spiro atoms. The number of benzene rings is 1.